The predicted octanol–water partition coefficient (Wildman–Crippen LogP) is 3.96. The Kier molecular flexibility index (Phi) is 6.74. The molecule has 1 aromatic heterocycles. The molecule has 0 atom stereocenters. The third-order valence-electron chi connectivity index (χ3n) is 3.42. The van der Waals surface area contributed by atoms with Gasteiger partial charge in [0.05, 0.1) is 24.5 Å². The number of hydrogen-bond acceptors (Lipinski definition) is 5. The van der Waals surface area contributed by atoms with Gasteiger partial charge in [0.2, 0.25) is 0 Å². The van der Waals surface area contributed by atoms with Gasteiger partial charge in [-0.1, -0.05) is 0 Å². The predicted molar refractivity (Wildman–Crippen MR) is 104 cm³/mol. The second-order valence-electron chi connectivity index (χ2n) is 5.06. The van der Waals surface area contributed by atoms with Crippen LogP contribution in [-0.4, -0.2) is 36.1 Å². The molecular formula is C18H19IN2O4. The molecule has 132 valence electrons. The lowest BCUT2D eigenvalue weighted by Crippen LogP contribution is -2.13. The summed E-state index contributed by atoms with van der Waals surface area (Å²) >= 11 is 2.21. The van der Waals surface area contributed by atoms with Crippen molar-refractivity contribution < 1.29 is 19.1 Å². The standard InChI is InChI=1S/C18H19IN2O4/c1-4-24-17(22)15-10-16(18(23)25-5-2)21(12(15)3)11-20-14-8-6-13(19)7-9-14/h6-11H,4-5H2,1-3H3. The van der Waals surface area contributed by atoms with Crippen molar-refractivity contribution >= 4 is 46.6 Å². The number of carbonyl (C=O) groups is 2. The molecule has 0 aliphatic heterocycles. The Morgan fingerprint density at radius 1 is 1.12 bits per heavy atom. The summed E-state index contributed by atoms with van der Waals surface area (Å²) in [6.07, 6.45) is 1.51. The van der Waals surface area contributed by atoms with E-state index in [1.807, 2.05) is 24.3 Å². The van der Waals surface area contributed by atoms with Gasteiger partial charge in [-0.05, 0) is 73.7 Å². The minimum absolute atomic E-state index is 0.233. The van der Waals surface area contributed by atoms with Gasteiger partial charge in [-0.2, -0.15) is 0 Å². The fourth-order valence-corrected chi connectivity index (χ4v) is 2.56. The van der Waals surface area contributed by atoms with Crippen LogP contribution in [0.3, 0.4) is 0 Å². The van der Waals surface area contributed by atoms with Crippen molar-refractivity contribution in [2.45, 2.75) is 20.8 Å². The molecule has 25 heavy (non-hydrogen) atoms. The Bertz CT molecular complexity index is 794. The van der Waals surface area contributed by atoms with Crippen molar-refractivity contribution in [2.75, 3.05) is 13.2 Å². The number of hydrogen-bond donors (Lipinski definition) is 0. The molecule has 0 N–H and O–H groups in total. The molecule has 0 bridgehead atoms. The van der Waals surface area contributed by atoms with E-state index in [0.717, 1.165) is 9.26 Å². The molecule has 1 heterocycles. The molecule has 7 heteroatoms. The lowest BCUT2D eigenvalue weighted by atomic mass is 10.2. The van der Waals surface area contributed by atoms with Crippen molar-refractivity contribution in [3.8, 4) is 0 Å². The van der Waals surface area contributed by atoms with Crippen LogP contribution in [0.4, 0.5) is 5.69 Å². The summed E-state index contributed by atoms with van der Waals surface area (Å²) in [7, 11) is 0. The van der Waals surface area contributed by atoms with Crippen molar-refractivity contribution in [2.24, 2.45) is 4.99 Å². The zero-order chi connectivity index (χ0) is 18.4. The maximum Gasteiger partial charge on any atom is 0.355 e. The van der Waals surface area contributed by atoms with Crippen molar-refractivity contribution in [1.29, 1.82) is 0 Å². The quantitative estimate of drug-likeness (QED) is 0.287. The molecule has 0 aliphatic rings. The zero-order valence-corrected chi connectivity index (χ0v) is 16.4. The van der Waals surface area contributed by atoms with Gasteiger partial charge in [0, 0.05) is 9.26 Å². The van der Waals surface area contributed by atoms with Crippen LogP contribution in [-0.2, 0) is 9.47 Å². The van der Waals surface area contributed by atoms with Crippen LogP contribution in [0.25, 0.3) is 0 Å². The average Bonchev–Trinajstić information content (AvgIpc) is 2.92. The molecule has 0 radical (unpaired) electrons. The molecule has 6 nitrogen and oxygen atoms in total. The third-order valence-corrected chi connectivity index (χ3v) is 4.14. The highest BCUT2D eigenvalue weighted by Crippen LogP contribution is 2.18. The van der Waals surface area contributed by atoms with Crippen LogP contribution < -0.4 is 0 Å². The van der Waals surface area contributed by atoms with Gasteiger partial charge in [0.25, 0.3) is 0 Å². The van der Waals surface area contributed by atoms with Crippen molar-refractivity contribution in [3.05, 3.63) is 50.9 Å². The number of benzene rings is 1. The summed E-state index contributed by atoms with van der Waals surface area (Å²) in [5.41, 5.74) is 1.85. The SMILES string of the molecule is CCOC(=O)c1cc(C(=O)OCC)n(C=Nc2ccc(I)cc2)c1C. The molecule has 0 spiro atoms. The molecular weight excluding hydrogens is 435 g/mol. The lowest BCUT2D eigenvalue weighted by molar-refractivity contribution is 0.0516. The van der Waals surface area contributed by atoms with Crippen molar-refractivity contribution in [3.63, 3.8) is 0 Å². The number of ether oxygens (including phenoxy) is 2. The summed E-state index contributed by atoms with van der Waals surface area (Å²) in [6.45, 7) is 5.69. The smallest absolute Gasteiger partial charge is 0.355 e. The van der Waals surface area contributed by atoms with Gasteiger partial charge in [0.15, 0.2) is 0 Å². The summed E-state index contributed by atoms with van der Waals surface area (Å²) in [4.78, 5) is 28.7. The Morgan fingerprint density at radius 2 is 1.72 bits per heavy atom. The van der Waals surface area contributed by atoms with E-state index in [1.54, 1.807) is 25.3 Å². The number of aliphatic imine (C=N–C) groups is 1. The second kappa shape index (κ2) is 8.80. The third kappa shape index (κ3) is 4.68. The molecule has 0 amide bonds. The summed E-state index contributed by atoms with van der Waals surface area (Å²) in [6, 6.07) is 9.09. The monoisotopic (exact) mass is 454 g/mol. The van der Waals surface area contributed by atoms with Gasteiger partial charge in [-0.3, -0.25) is 4.57 Å². The Hall–Kier alpha value is -2.16. The van der Waals surface area contributed by atoms with Crippen LogP contribution in [0.1, 0.15) is 40.4 Å². The van der Waals surface area contributed by atoms with E-state index in [9.17, 15) is 9.59 Å². The zero-order valence-electron chi connectivity index (χ0n) is 14.3. The van der Waals surface area contributed by atoms with Gasteiger partial charge in [-0.25, -0.2) is 14.6 Å². The van der Waals surface area contributed by atoms with Crippen LogP contribution in [0, 0.1) is 10.5 Å². The topological polar surface area (TPSA) is 69.9 Å². The molecule has 1 aromatic carbocycles. The Morgan fingerprint density at radius 3 is 2.32 bits per heavy atom. The second-order valence-corrected chi connectivity index (χ2v) is 6.31. The van der Waals surface area contributed by atoms with Gasteiger partial charge in [0.1, 0.15) is 12.0 Å². The van der Waals surface area contributed by atoms with Gasteiger partial charge >= 0.3 is 11.9 Å². The molecule has 2 rings (SSSR count). The number of halogens is 1. The average molecular weight is 454 g/mol. The minimum Gasteiger partial charge on any atom is -0.462 e. The first-order valence-corrected chi connectivity index (χ1v) is 8.91. The number of aromatic nitrogens is 1. The Labute approximate surface area is 160 Å². The van der Waals surface area contributed by atoms with E-state index >= 15 is 0 Å². The number of nitrogens with zero attached hydrogens (tertiary/aromatic N) is 2. The first-order chi connectivity index (χ1) is 12.0. The molecule has 2 aromatic rings. The van der Waals surface area contributed by atoms with E-state index in [0.29, 0.717) is 11.3 Å². The minimum atomic E-state index is -0.518. The highest BCUT2D eigenvalue weighted by atomic mass is 127. The maximum absolute atomic E-state index is 12.2. The molecule has 0 aliphatic carbocycles. The van der Waals surface area contributed by atoms with E-state index in [-0.39, 0.29) is 18.9 Å². The number of carbonyl (C=O) groups excluding carboxylic acids is 2. The number of esters is 2. The molecule has 0 fully saturated rings. The first-order valence-electron chi connectivity index (χ1n) is 7.83. The van der Waals surface area contributed by atoms with E-state index in [4.69, 9.17) is 9.47 Å². The van der Waals surface area contributed by atoms with E-state index in [2.05, 4.69) is 27.6 Å². The summed E-state index contributed by atoms with van der Waals surface area (Å²) in [5.74, 6) is -0.998. The van der Waals surface area contributed by atoms with E-state index < -0.39 is 11.9 Å². The van der Waals surface area contributed by atoms with Crippen LogP contribution >= 0.6 is 22.6 Å². The lowest BCUT2D eigenvalue weighted by Gasteiger charge is -2.06. The number of rotatable bonds is 6. The van der Waals surface area contributed by atoms with Crippen LogP contribution in [0.5, 0.6) is 0 Å². The fourth-order valence-electron chi connectivity index (χ4n) is 2.20. The van der Waals surface area contributed by atoms with Crippen molar-refractivity contribution in [1.82, 2.24) is 4.57 Å². The Balaban J connectivity index is 2.44. The van der Waals surface area contributed by atoms with Gasteiger partial charge < -0.3 is 9.47 Å². The highest BCUT2D eigenvalue weighted by molar-refractivity contribution is 14.1. The first kappa shape index (κ1) is 19.2. The maximum atomic E-state index is 12.2. The van der Waals surface area contributed by atoms with Gasteiger partial charge in [-0.15, -0.1) is 0 Å². The van der Waals surface area contributed by atoms with Crippen LogP contribution in [0.2, 0.25) is 0 Å². The highest BCUT2D eigenvalue weighted by Gasteiger charge is 2.22. The molecule has 0 saturated carbocycles. The molecule has 0 unspecified atom stereocenters. The summed E-state index contributed by atoms with van der Waals surface area (Å²) in [5, 5.41) is 0. The van der Waals surface area contributed by atoms with Crippen LogP contribution in [0.15, 0.2) is 35.3 Å². The van der Waals surface area contributed by atoms with E-state index in [1.165, 1.54) is 12.4 Å². The molecule has 0 saturated heterocycles. The largest absolute Gasteiger partial charge is 0.462 e. The normalized spacial score (nSPS) is 10.9. The summed E-state index contributed by atoms with van der Waals surface area (Å²) < 4.78 is 12.8. The fraction of sp³-hybridized carbons (Fsp3) is 0.278.